The molecule has 0 amide bonds. The number of alkyl halides is 3. The molecule has 0 saturated carbocycles. The number of hydrogen-bond donors (Lipinski definition) is 0. The van der Waals surface area contributed by atoms with Crippen molar-refractivity contribution in [1.29, 1.82) is 0 Å². The quantitative estimate of drug-likeness (QED) is 0.477. The second-order valence-electron chi connectivity index (χ2n) is 3.36. The van der Waals surface area contributed by atoms with E-state index >= 15 is 0 Å². The summed E-state index contributed by atoms with van der Waals surface area (Å²) in [5, 5.41) is 0. The summed E-state index contributed by atoms with van der Waals surface area (Å²) >= 11 is 0. The number of methoxy groups -OCH3 is 1. The lowest BCUT2D eigenvalue weighted by Gasteiger charge is -2.09. The predicted octanol–water partition coefficient (Wildman–Crippen LogP) is 2.65. The molecule has 1 aromatic rings. The molecular weight excluding hydrogens is 256 g/mol. The topological polar surface area (TPSA) is 35.5 Å². The molecule has 0 aromatic heterocycles. The van der Waals surface area contributed by atoms with Gasteiger partial charge in [-0.15, -0.1) is 0 Å². The van der Waals surface area contributed by atoms with Crippen LogP contribution >= 0.6 is 0 Å². The first-order chi connectivity index (χ1) is 8.34. The van der Waals surface area contributed by atoms with Crippen molar-refractivity contribution in [2.45, 2.75) is 6.18 Å². The monoisotopic (exact) mass is 266 g/mol. The smallest absolute Gasteiger partial charge is 0.416 e. The lowest BCUT2D eigenvalue weighted by Crippen LogP contribution is -2.12. The predicted molar refractivity (Wildman–Crippen MR) is 53.6 cm³/mol. The Labute approximate surface area is 100 Å². The molecule has 0 bridgehead atoms. The molecule has 0 aliphatic heterocycles. The van der Waals surface area contributed by atoms with Crippen LogP contribution in [0.5, 0.6) is 0 Å². The van der Waals surface area contributed by atoms with Crippen LogP contribution in [0.2, 0.25) is 0 Å². The number of esters is 1. The molecule has 0 radical (unpaired) electrons. The molecule has 0 N–H and O–H groups in total. The molecule has 3 nitrogen and oxygen atoms in total. The second-order valence-corrected chi connectivity index (χ2v) is 3.36. The zero-order valence-corrected chi connectivity index (χ0v) is 9.38. The lowest BCUT2D eigenvalue weighted by molar-refractivity contribution is -0.137. The van der Waals surface area contributed by atoms with Gasteiger partial charge in [-0.3, -0.25) is 0 Å². The molecule has 0 fully saturated rings. The van der Waals surface area contributed by atoms with E-state index in [0.717, 1.165) is 0 Å². The average Bonchev–Trinajstić information content (AvgIpc) is 2.27. The Balaban J connectivity index is 2.89. The normalized spacial score (nSPS) is 11.4. The summed E-state index contributed by atoms with van der Waals surface area (Å²) in [5.41, 5.74) is -1.72. The van der Waals surface area contributed by atoms with Gasteiger partial charge in [-0.1, -0.05) is 0 Å². The summed E-state index contributed by atoms with van der Waals surface area (Å²) in [7, 11) is 1.37. The molecule has 100 valence electrons. The van der Waals surface area contributed by atoms with Gasteiger partial charge in [-0.05, 0) is 18.2 Å². The van der Waals surface area contributed by atoms with Crippen molar-refractivity contribution in [2.24, 2.45) is 0 Å². The lowest BCUT2D eigenvalue weighted by atomic mass is 10.1. The molecule has 0 saturated heterocycles. The van der Waals surface area contributed by atoms with E-state index in [-0.39, 0.29) is 13.2 Å². The van der Waals surface area contributed by atoms with Crippen LogP contribution in [0, 0.1) is 5.82 Å². The highest BCUT2D eigenvalue weighted by Gasteiger charge is 2.32. The molecule has 7 heteroatoms. The molecular formula is C11H10F4O3. The van der Waals surface area contributed by atoms with E-state index in [1.807, 2.05) is 0 Å². The van der Waals surface area contributed by atoms with Gasteiger partial charge in [-0.25, -0.2) is 9.18 Å². The standard InChI is InChI=1S/C11H10F4O3/c1-17-2-3-18-10(16)7-4-8(11(13,14)15)6-9(12)5-7/h4-6H,2-3H2,1H3. The summed E-state index contributed by atoms with van der Waals surface area (Å²) in [6.07, 6.45) is -4.72. The fraction of sp³-hybridized carbons (Fsp3) is 0.364. The Bertz CT molecular complexity index is 429. The van der Waals surface area contributed by atoms with Crippen LogP contribution < -0.4 is 0 Å². The van der Waals surface area contributed by atoms with E-state index in [0.29, 0.717) is 18.2 Å². The summed E-state index contributed by atoms with van der Waals surface area (Å²) in [5.74, 6) is -2.18. The maximum Gasteiger partial charge on any atom is 0.416 e. The van der Waals surface area contributed by atoms with E-state index in [1.54, 1.807) is 0 Å². The van der Waals surface area contributed by atoms with Crippen LogP contribution in [-0.4, -0.2) is 26.3 Å². The summed E-state index contributed by atoms with van der Waals surface area (Å²) in [4.78, 5) is 11.3. The van der Waals surface area contributed by atoms with Crippen molar-refractivity contribution in [1.82, 2.24) is 0 Å². The number of benzene rings is 1. The first-order valence-corrected chi connectivity index (χ1v) is 4.88. The fourth-order valence-corrected chi connectivity index (χ4v) is 1.17. The first-order valence-electron chi connectivity index (χ1n) is 4.88. The minimum atomic E-state index is -4.72. The van der Waals surface area contributed by atoms with E-state index in [9.17, 15) is 22.4 Å². The molecule has 0 aliphatic rings. The van der Waals surface area contributed by atoms with Gasteiger partial charge in [0.05, 0.1) is 17.7 Å². The third kappa shape index (κ3) is 3.99. The summed E-state index contributed by atoms with van der Waals surface area (Å²) < 4.78 is 59.3. The van der Waals surface area contributed by atoms with Gasteiger partial charge in [0.25, 0.3) is 0 Å². The Morgan fingerprint density at radius 1 is 1.22 bits per heavy atom. The molecule has 0 heterocycles. The van der Waals surface area contributed by atoms with Crippen molar-refractivity contribution in [2.75, 3.05) is 20.3 Å². The van der Waals surface area contributed by atoms with Crippen LogP contribution in [0.3, 0.4) is 0 Å². The van der Waals surface area contributed by atoms with Crippen LogP contribution in [0.4, 0.5) is 17.6 Å². The third-order valence-electron chi connectivity index (χ3n) is 1.98. The van der Waals surface area contributed by atoms with E-state index in [1.165, 1.54) is 7.11 Å². The number of carbonyl (C=O) groups excluding carboxylic acids is 1. The largest absolute Gasteiger partial charge is 0.460 e. The van der Waals surface area contributed by atoms with Crippen molar-refractivity contribution in [3.63, 3.8) is 0 Å². The highest BCUT2D eigenvalue weighted by Crippen LogP contribution is 2.30. The van der Waals surface area contributed by atoms with Gasteiger partial charge < -0.3 is 9.47 Å². The second kappa shape index (κ2) is 5.81. The average molecular weight is 266 g/mol. The Kier molecular flexibility index (Phi) is 4.66. The van der Waals surface area contributed by atoms with Crippen molar-refractivity contribution < 1.29 is 31.8 Å². The highest BCUT2D eigenvalue weighted by molar-refractivity contribution is 5.89. The van der Waals surface area contributed by atoms with Crippen molar-refractivity contribution in [3.8, 4) is 0 Å². The minimum Gasteiger partial charge on any atom is -0.460 e. The van der Waals surface area contributed by atoms with Gasteiger partial charge in [0.2, 0.25) is 0 Å². The first kappa shape index (κ1) is 14.4. The molecule has 18 heavy (non-hydrogen) atoms. The Hall–Kier alpha value is -1.63. The molecule has 1 rings (SSSR count). The summed E-state index contributed by atoms with van der Waals surface area (Å²) in [6, 6.07) is 1.54. The summed E-state index contributed by atoms with van der Waals surface area (Å²) in [6.45, 7) is -0.0135. The van der Waals surface area contributed by atoms with Crippen LogP contribution in [-0.2, 0) is 15.7 Å². The van der Waals surface area contributed by atoms with Crippen LogP contribution in [0.15, 0.2) is 18.2 Å². The number of ether oxygens (including phenoxy) is 2. The maximum atomic E-state index is 13.0. The zero-order chi connectivity index (χ0) is 13.8. The van der Waals surface area contributed by atoms with E-state index in [4.69, 9.17) is 0 Å². The van der Waals surface area contributed by atoms with Gasteiger partial charge in [0.15, 0.2) is 0 Å². The molecule has 0 aliphatic carbocycles. The Morgan fingerprint density at radius 3 is 2.44 bits per heavy atom. The van der Waals surface area contributed by atoms with Gasteiger partial charge in [0.1, 0.15) is 12.4 Å². The third-order valence-corrected chi connectivity index (χ3v) is 1.98. The number of halogens is 4. The van der Waals surface area contributed by atoms with E-state index in [2.05, 4.69) is 9.47 Å². The molecule has 0 unspecified atom stereocenters. The molecule has 0 spiro atoms. The molecule has 0 atom stereocenters. The number of rotatable bonds is 4. The zero-order valence-electron chi connectivity index (χ0n) is 9.38. The Morgan fingerprint density at radius 2 is 1.89 bits per heavy atom. The van der Waals surface area contributed by atoms with Crippen molar-refractivity contribution in [3.05, 3.63) is 35.1 Å². The van der Waals surface area contributed by atoms with Gasteiger partial charge in [0, 0.05) is 7.11 Å². The highest BCUT2D eigenvalue weighted by atomic mass is 19.4. The SMILES string of the molecule is COCCOC(=O)c1cc(F)cc(C(F)(F)F)c1. The maximum absolute atomic E-state index is 13.0. The minimum absolute atomic E-state index is 0.104. The molecule has 1 aromatic carbocycles. The van der Waals surface area contributed by atoms with Gasteiger partial charge >= 0.3 is 12.1 Å². The van der Waals surface area contributed by atoms with Crippen LogP contribution in [0.1, 0.15) is 15.9 Å². The van der Waals surface area contributed by atoms with Crippen LogP contribution in [0.25, 0.3) is 0 Å². The fourth-order valence-electron chi connectivity index (χ4n) is 1.17. The van der Waals surface area contributed by atoms with Gasteiger partial charge in [-0.2, -0.15) is 13.2 Å². The number of carbonyl (C=O) groups is 1. The number of hydrogen-bond acceptors (Lipinski definition) is 3. The van der Waals surface area contributed by atoms with Crippen molar-refractivity contribution >= 4 is 5.97 Å². The van der Waals surface area contributed by atoms with E-state index < -0.39 is 29.1 Å².